The molecule has 0 aromatic heterocycles. The quantitative estimate of drug-likeness (QED) is 0.729. The van der Waals surface area contributed by atoms with Gasteiger partial charge >= 0.3 is 6.61 Å². The van der Waals surface area contributed by atoms with Crippen LogP contribution in [0.3, 0.4) is 0 Å². The van der Waals surface area contributed by atoms with Crippen LogP contribution >= 0.6 is 15.9 Å². The summed E-state index contributed by atoms with van der Waals surface area (Å²) in [4.78, 5) is 16.6. The lowest BCUT2D eigenvalue weighted by Crippen LogP contribution is -2.49. The van der Waals surface area contributed by atoms with Crippen LogP contribution in [0.15, 0.2) is 22.7 Å². The Kier molecular flexibility index (Phi) is 6.28. The molecule has 0 atom stereocenters. The fraction of sp³-hybridized carbons (Fsp3) is 0.611. The number of amides is 1. The first-order valence-corrected chi connectivity index (χ1v) is 9.56. The van der Waals surface area contributed by atoms with Gasteiger partial charge in [-0.15, -0.1) is 0 Å². The summed E-state index contributed by atoms with van der Waals surface area (Å²) in [6.45, 7) is 0.606. The van der Waals surface area contributed by atoms with E-state index in [-0.39, 0.29) is 11.7 Å². The number of benzene rings is 1. The summed E-state index contributed by atoms with van der Waals surface area (Å²) in [5.41, 5.74) is 0.727. The minimum absolute atomic E-state index is 0.211. The Bertz CT molecular complexity index is 601. The summed E-state index contributed by atoms with van der Waals surface area (Å²) in [5, 5.41) is 0. The second-order valence-corrected chi connectivity index (χ2v) is 7.63. The maximum Gasteiger partial charge on any atom is 0.387 e. The van der Waals surface area contributed by atoms with Crippen molar-refractivity contribution in [3.05, 3.63) is 28.2 Å². The lowest BCUT2D eigenvalue weighted by molar-refractivity contribution is -0.137. The van der Waals surface area contributed by atoms with Crippen molar-refractivity contribution in [2.75, 3.05) is 26.2 Å². The smallest absolute Gasteiger partial charge is 0.387 e. The van der Waals surface area contributed by atoms with Gasteiger partial charge < -0.3 is 9.64 Å². The molecule has 3 rings (SSSR count). The van der Waals surface area contributed by atoms with Crippen LogP contribution in [0.1, 0.15) is 31.2 Å². The van der Waals surface area contributed by atoms with E-state index < -0.39 is 6.61 Å². The van der Waals surface area contributed by atoms with E-state index in [1.165, 1.54) is 0 Å². The van der Waals surface area contributed by atoms with E-state index in [0.717, 1.165) is 48.8 Å². The third kappa shape index (κ3) is 4.91. The monoisotopic (exact) mass is 416 g/mol. The number of nitrogens with zero attached hydrogens (tertiary/aromatic N) is 2. The second kappa shape index (κ2) is 8.45. The minimum atomic E-state index is -2.83. The van der Waals surface area contributed by atoms with Gasteiger partial charge in [0.05, 0.1) is 0 Å². The maximum atomic E-state index is 12.6. The fourth-order valence-electron chi connectivity index (χ4n) is 3.68. The molecule has 0 radical (unpaired) electrons. The Morgan fingerprint density at radius 3 is 2.52 bits per heavy atom. The van der Waals surface area contributed by atoms with Crippen LogP contribution < -0.4 is 4.74 Å². The zero-order chi connectivity index (χ0) is 17.8. The molecule has 1 aliphatic carbocycles. The van der Waals surface area contributed by atoms with Crippen molar-refractivity contribution in [3.8, 4) is 5.75 Å². The van der Waals surface area contributed by atoms with Crippen molar-refractivity contribution < 1.29 is 18.3 Å². The summed E-state index contributed by atoms with van der Waals surface area (Å²) in [6.07, 6.45) is 4.36. The zero-order valence-electron chi connectivity index (χ0n) is 14.1. The molecule has 2 aliphatic rings. The molecule has 1 saturated heterocycles. The number of carbonyl (C=O) groups is 1. The number of carbonyl (C=O) groups excluding carboxylic acids is 1. The van der Waals surface area contributed by atoms with Crippen molar-refractivity contribution in [1.82, 2.24) is 9.80 Å². The van der Waals surface area contributed by atoms with Crippen molar-refractivity contribution in [2.45, 2.75) is 38.8 Å². The molecule has 0 bridgehead atoms. The summed E-state index contributed by atoms with van der Waals surface area (Å²) in [6, 6.07) is 5.07. The molecule has 4 nitrogen and oxygen atoms in total. The SMILES string of the molecule is O=C(C1CCCC1)N1CCN(Cc2cc(Br)ccc2OC(F)F)CC1. The lowest BCUT2D eigenvalue weighted by atomic mass is 10.1. The van der Waals surface area contributed by atoms with E-state index in [4.69, 9.17) is 0 Å². The van der Waals surface area contributed by atoms with Gasteiger partial charge in [-0.3, -0.25) is 9.69 Å². The first-order valence-electron chi connectivity index (χ1n) is 8.77. The van der Waals surface area contributed by atoms with Crippen molar-refractivity contribution in [2.24, 2.45) is 5.92 Å². The molecule has 1 saturated carbocycles. The van der Waals surface area contributed by atoms with Gasteiger partial charge in [0.25, 0.3) is 0 Å². The number of piperazine rings is 1. The van der Waals surface area contributed by atoms with Crippen molar-refractivity contribution in [1.29, 1.82) is 0 Å². The normalized spacial score (nSPS) is 19.6. The first-order chi connectivity index (χ1) is 12.0. The van der Waals surface area contributed by atoms with Gasteiger partial charge in [-0.05, 0) is 31.0 Å². The number of rotatable bonds is 5. The van der Waals surface area contributed by atoms with E-state index in [2.05, 4.69) is 25.6 Å². The molecule has 0 unspecified atom stereocenters. The van der Waals surface area contributed by atoms with Crippen LogP contribution in [0.4, 0.5) is 8.78 Å². The van der Waals surface area contributed by atoms with Crippen molar-refractivity contribution >= 4 is 21.8 Å². The van der Waals surface area contributed by atoms with Gasteiger partial charge in [-0.2, -0.15) is 8.78 Å². The highest BCUT2D eigenvalue weighted by Gasteiger charge is 2.29. The Balaban J connectivity index is 1.57. The van der Waals surface area contributed by atoms with E-state index in [1.807, 2.05) is 11.0 Å². The molecule has 1 aliphatic heterocycles. The Morgan fingerprint density at radius 1 is 1.20 bits per heavy atom. The molecule has 25 heavy (non-hydrogen) atoms. The van der Waals surface area contributed by atoms with Gasteiger partial charge in [-0.1, -0.05) is 28.8 Å². The van der Waals surface area contributed by atoms with Gasteiger partial charge in [0.2, 0.25) is 5.91 Å². The van der Waals surface area contributed by atoms with Crippen LogP contribution in [-0.4, -0.2) is 48.5 Å². The highest BCUT2D eigenvalue weighted by atomic mass is 79.9. The maximum absolute atomic E-state index is 12.6. The third-order valence-corrected chi connectivity index (χ3v) is 5.51. The highest BCUT2D eigenvalue weighted by molar-refractivity contribution is 9.10. The fourth-order valence-corrected chi connectivity index (χ4v) is 4.09. The average molecular weight is 417 g/mol. The number of ether oxygens (including phenoxy) is 1. The largest absolute Gasteiger partial charge is 0.434 e. The zero-order valence-corrected chi connectivity index (χ0v) is 15.7. The predicted molar refractivity (Wildman–Crippen MR) is 94.6 cm³/mol. The van der Waals surface area contributed by atoms with Crippen LogP contribution in [-0.2, 0) is 11.3 Å². The van der Waals surface area contributed by atoms with Crippen LogP contribution in [0, 0.1) is 5.92 Å². The van der Waals surface area contributed by atoms with E-state index >= 15 is 0 Å². The molecule has 2 fully saturated rings. The molecule has 1 aromatic rings. The van der Waals surface area contributed by atoms with E-state index in [0.29, 0.717) is 25.5 Å². The lowest BCUT2D eigenvalue weighted by Gasteiger charge is -2.36. The number of alkyl halides is 2. The van der Waals surface area contributed by atoms with Crippen LogP contribution in [0.25, 0.3) is 0 Å². The minimum Gasteiger partial charge on any atom is -0.434 e. The molecule has 7 heteroatoms. The summed E-state index contributed by atoms with van der Waals surface area (Å²) in [7, 11) is 0. The standard InChI is InChI=1S/C18H23BrF2N2O2/c19-15-5-6-16(25-18(20)21)14(11-15)12-22-7-9-23(10-8-22)17(24)13-3-1-2-4-13/h5-6,11,13,18H,1-4,7-10,12H2. The summed E-state index contributed by atoms with van der Waals surface area (Å²) >= 11 is 3.38. The molecular weight excluding hydrogens is 394 g/mol. The molecule has 1 amide bonds. The Labute approximate surface area is 155 Å². The Morgan fingerprint density at radius 2 is 1.88 bits per heavy atom. The van der Waals surface area contributed by atoms with Gasteiger partial charge in [0, 0.05) is 48.7 Å². The van der Waals surface area contributed by atoms with Gasteiger partial charge in [-0.25, -0.2) is 0 Å². The highest BCUT2D eigenvalue weighted by Crippen LogP contribution is 2.28. The number of halogens is 3. The van der Waals surface area contributed by atoms with E-state index in [9.17, 15) is 13.6 Å². The second-order valence-electron chi connectivity index (χ2n) is 6.71. The number of hydrogen-bond acceptors (Lipinski definition) is 3. The summed E-state index contributed by atoms with van der Waals surface area (Å²) < 4.78 is 30.6. The Hall–Kier alpha value is -1.21. The number of hydrogen-bond donors (Lipinski definition) is 0. The molecule has 138 valence electrons. The average Bonchev–Trinajstić information content (AvgIpc) is 3.11. The summed E-state index contributed by atoms with van der Waals surface area (Å²) in [5.74, 6) is 0.715. The third-order valence-electron chi connectivity index (χ3n) is 5.02. The molecule has 1 aromatic carbocycles. The molecular formula is C18H23BrF2N2O2. The van der Waals surface area contributed by atoms with Gasteiger partial charge in [0.1, 0.15) is 5.75 Å². The van der Waals surface area contributed by atoms with Gasteiger partial charge in [0.15, 0.2) is 0 Å². The van der Waals surface area contributed by atoms with E-state index in [1.54, 1.807) is 12.1 Å². The van der Waals surface area contributed by atoms with Crippen LogP contribution in [0.5, 0.6) is 5.75 Å². The molecule has 0 N–H and O–H groups in total. The first kappa shape index (κ1) is 18.6. The van der Waals surface area contributed by atoms with Crippen molar-refractivity contribution in [3.63, 3.8) is 0 Å². The van der Waals surface area contributed by atoms with Crippen LogP contribution in [0.2, 0.25) is 0 Å². The topological polar surface area (TPSA) is 32.8 Å². The molecule has 1 heterocycles. The predicted octanol–water partition coefficient (Wildman–Crippen LogP) is 3.88. The molecule has 0 spiro atoms.